The summed E-state index contributed by atoms with van der Waals surface area (Å²) in [4.78, 5) is 32.5. The molecule has 4 rings (SSSR count). The van der Waals surface area contributed by atoms with Gasteiger partial charge in [-0.3, -0.25) is 9.59 Å². The van der Waals surface area contributed by atoms with Gasteiger partial charge in [0, 0.05) is 36.0 Å². The van der Waals surface area contributed by atoms with Gasteiger partial charge in [0.1, 0.15) is 5.75 Å². The average molecular weight is 421 g/mol. The van der Waals surface area contributed by atoms with Gasteiger partial charge in [0.2, 0.25) is 0 Å². The predicted octanol–water partition coefficient (Wildman–Crippen LogP) is 4.06. The van der Waals surface area contributed by atoms with Gasteiger partial charge in [-0.25, -0.2) is 9.67 Å². The molecule has 7 nitrogen and oxygen atoms in total. The van der Waals surface area contributed by atoms with Crippen LogP contribution in [0.1, 0.15) is 59.1 Å². The number of piperidine rings is 1. The van der Waals surface area contributed by atoms with Gasteiger partial charge in [-0.05, 0) is 63.9 Å². The normalized spacial score (nSPS) is 14.9. The molecule has 0 spiro atoms. The average Bonchev–Trinajstić information content (AvgIpc) is 3.20. The van der Waals surface area contributed by atoms with Gasteiger partial charge in [0.25, 0.3) is 5.91 Å². The number of amides is 1. The number of Topliss-reactive ketones (excluding diaryl/α,β-unsaturated/α-hetero) is 1. The molecule has 1 aromatic carbocycles. The Labute approximate surface area is 182 Å². The maximum Gasteiger partial charge on any atom is 0.255 e. The molecule has 0 radical (unpaired) electrons. The van der Waals surface area contributed by atoms with E-state index in [2.05, 4.69) is 23.9 Å². The van der Waals surface area contributed by atoms with Crippen LogP contribution in [0, 0.1) is 12.8 Å². The van der Waals surface area contributed by atoms with Crippen LogP contribution in [0.2, 0.25) is 0 Å². The minimum Gasteiger partial charge on any atom is -0.497 e. The smallest absolute Gasteiger partial charge is 0.255 e. The number of ketones is 1. The van der Waals surface area contributed by atoms with Gasteiger partial charge >= 0.3 is 0 Å². The summed E-state index contributed by atoms with van der Waals surface area (Å²) in [7, 11) is 1.61. The summed E-state index contributed by atoms with van der Waals surface area (Å²) in [5.41, 5.74) is 2.80. The number of likely N-dealkylation sites (tertiary alicyclic amines) is 1. The molecule has 2 aromatic heterocycles. The molecule has 0 unspecified atom stereocenters. The van der Waals surface area contributed by atoms with E-state index in [9.17, 15) is 9.59 Å². The molecule has 0 N–H and O–H groups in total. The highest BCUT2D eigenvalue weighted by molar-refractivity contribution is 5.99. The number of aromatic nitrogens is 3. The maximum atomic E-state index is 13.2. The Balaban J connectivity index is 1.45. The van der Waals surface area contributed by atoms with Crippen molar-refractivity contribution in [3.05, 3.63) is 53.3 Å². The summed E-state index contributed by atoms with van der Waals surface area (Å²) in [6.45, 7) is 7.10. The number of nitrogens with zero attached hydrogens (tertiary/aromatic N) is 4. The number of benzene rings is 1. The van der Waals surface area contributed by atoms with Crippen molar-refractivity contribution in [2.24, 2.45) is 5.92 Å². The summed E-state index contributed by atoms with van der Waals surface area (Å²) in [5, 5.41) is 5.27. The Morgan fingerprint density at radius 2 is 1.81 bits per heavy atom. The SMILES string of the molecule is COc1ccc(C(=O)C2CCN(C(=O)c3cc4cnn(C(C)C)c4nc3C)CC2)cc1. The number of pyridine rings is 1. The fourth-order valence-electron chi connectivity index (χ4n) is 4.17. The van der Waals surface area contributed by atoms with Crippen LogP contribution in [0.4, 0.5) is 0 Å². The van der Waals surface area contributed by atoms with E-state index in [1.807, 2.05) is 22.6 Å². The second-order valence-corrected chi connectivity index (χ2v) is 8.38. The Hall–Kier alpha value is -3.22. The quantitative estimate of drug-likeness (QED) is 0.582. The number of hydrogen-bond acceptors (Lipinski definition) is 5. The van der Waals surface area contributed by atoms with Crippen LogP contribution < -0.4 is 4.74 Å². The summed E-state index contributed by atoms with van der Waals surface area (Å²) in [6, 6.07) is 9.31. The Morgan fingerprint density at radius 1 is 1.13 bits per heavy atom. The maximum absolute atomic E-state index is 13.2. The van der Waals surface area contributed by atoms with Gasteiger partial charge in [0.15, 0.2) is 11.4 Å². The van der Waals surface area contributed by atoms with Gasteiger partial charge in [0.05, 0.1) is 24.6 Å². The summed E-state index contributed by atoms with van der Waals surface area (Å²) in [5.74, 6) is 0.773. The highest BCUT2D eigenvalue weighted by Gasteiger charge is 2.29. The zero-order valence-electron chi connectivity index (χ0n) is 18.5. The number of fused-ring (bicyclic) bond motifs is 1. The molecule has 0 aliphatic carbocycles. The molecule has 0 saturated carbocycles. The number of ether oxygens (including phenoxy) is 1. The van der Waals surface area contributed by atoms with E-state index in [-0.39, 0.29) is 23.7 Å². The van der Waals surface area contributed by atoms with E-state index >= 15 is 0 Å². The first kappa shape index (κ1) is 21.0. The monoisotopic (exact) mass is 420 g/mol. The van der Waals surface area contributed by atoms with Gasteiger partial charge < -0.3 is 9.64 Å². The van der Waals surface area contributed by atoms with Crippen LogP contribution in [0.3, 0.4) is 0 Å². The van der Waals surface area contributed by atoms with Crippen molar-refractivity contribution in [2.45, 2.75) is 39.7 Å². The molecule has 31 heavy (non-hydrogen) atoms. The van der Waals surface area contributed by atoms with E-state index in [0.29, 0.717) is 42.8 Å². The van der Waals surface area contributed by atoms with Crippen LogP contribution in [0.5, 0.6) is 5.75 Å². The lowest BCUT2D eigenvalue weighted by atomic mass is 9.88. The molecule has 3 heterocycles. The number of carbonyl (C=O) groups excluding carboxylic acids is 2. The molecular formula is C24H28N4O3. The molecule has 0 atom stereocenters. The molecule has 1 amide bonds. The van der Waals surface area contributed by atoms with Crippen molar-refractivity contribution in [1.82, 2.24) is 19.7 Å². The first-order valence-electron chi connectivity index (χ1n) is 10.7. The molecule has 1 aliphatic heterocycles. The third-order valence-corrected chi connectivity index (χ3v) is 6.01. The molecule has 7 heteroatoms. The highest BCUT2D eigenvalue weighted by Crippen LogP contribution is 2.26. The van der Waals surface area contributed by atoms with Crippen molar-refractivity contribution in [3.63, 3.8) is 0 Å². The molecule has 1 saturated heterocycles. The van der Waals surface area contributed by atoms with E-state index < -0.39 is 0 Å². The second-order valence-electron chi connectivity index (χ2n) is 8.38. The lowest BCUT2D eigenvalue weighted by molar-refractivity contribution is 0.0649. The Morgan fingerprint density at radius 3 is 2.42 bits per heavy atom. The van der Waals surface area contributed by atoms with Crippen LogP contribution in [-0.2, 0) is 0 Å². The fraction of sp³-hybridized carbons (Fsp3) is 0.417. The number of methoxy groups -OCH3 is 1. The number of rotatable bonds is 5. The largest absolute Gasteiger partial charge is 0.497 e. The predicted molar refractivity (Wildman–Crippen MR) is 119 cm³/mol. The third kappa shape index (κ3) is 4.04. The first-order valence-corrected chi connectivity index (χ1v) is 10.7. The zero-order valence-corrected chi connectivity index (χ0v) is 18.5. The Bertz CT molecular complexity index is 1110. The van der Waals surface area contributed by atoms with Crippen LogP contribution in [0.25, 0.3) is 11.0 Å². The van der Waals surface area contributed by atoms with E-state index in [0.717, 1.165) is 16.8 Å². The van der Waals surface area contributed by atoms with Crippen molar-refractivity contribution in [1.29, 1.82) is 0 Å². The topological polar surface area (TPSA) is 77.3 Å². The molecule has 1 fully saturated rings. The van der Waals surface area contributed by atoms with Gasteiger partial charge in [-0.15, -0.1) is 0 Å². The summed E-state index contributed by atoms with van der Waals surface area (Å²) in [6.07, 6.45) is 3.09. The van der Waals surface area contributed by atoms with E-state index in [1.165, 1.54) is 0 Å². The highest BCUT2D eigenvalue weighted by atomic mass is 16.5. The lowest BCUT2D eigenvalue weighted by Crippen LogP contribution is -2.40. The minimum atomic E-state index is -0.0663. The number of aryl methyl sites for hydroxylation is 1. The molecule has 162 valence electrons. The minimum absolute atomic E-state index is 0.0282. The van der Waals surface area contributed by atoms with Crippen molar-refractivity contribution < 1.29 is 14.3 Å². The van der Waals surface area contributed by atoms with Gasteiger partial charge in [-0.1, -0.05) is 0 Å². The van der Waals surface area contributed by atoms with E-state index in [1.54, 1.807) is 37.6 Å². The summed E-state index contributed by atoms with van der Waals surface area (Å²) >= 11 is 0. The Kier molecular flexibility index (Phi) is 5.76. The first-order chi connectivity index (χ1) is 14.9. The third-order valence-electron chi connectivity index (χ3n) is 6.01. The molecule has 1 aliphatic rings. The van der Waals surface area contributed by atoms with E-state index in [4.69, 9.17) is 4.74 Å². The summed E-state index contributed by atoms with van der Waals surface area (Å²) < 4.78 is 7.03. The van der Waals surface area contributed by atoms with Gasteiger partial charge in [-0.2, -0.15) is 5.10 Å². The standard InChI is InChI=1S/C24H28N4O3/c1-15(2)28-23-19(14-25-28)13-21(16(3)26-23)24(30)27-11-9-18(10-12-27)22(29)17-5-7-20(31-4)8-6-17/h5-8,13-15,18H,9-12H2,1-4H3. The molecular weight excluding hydrogens is 392 g/mol. The number of hydrogen-bond donors (Lipinski definition) is 0. The molecule has 3 aromatic rings. The lowest BCUT2D eigenvalue weighted by Gasteiger charge is -2.31. The fourth-order valence-corrected chi connectivity index (χ4v) is 4.17. The zero-order chi connectivity index (χ0) is 22.1. The second kappa shape index (κ2) is 8.49. The van der Waals surface area contributed by atoms with Crippen molar-refractivity contribution in [2.75, 3.05) is 20.2 Å². The van der Waals surface area contributed by atoms with Crippen LogP contribution in [0.15, 0.2) is 36.5 Å². The molecule has 0 bridgehead atoms. The van der Waals surface area contributed by atoms with Crippen LogP contribution >= 0.6 is 0 Å². The number of carbonyl (C=O) groups is 2. The van der Waals surface area contributed by atoms with Crippen molar-refractivity contribution >= 4 is 22.7 Å². The van der Waals surface area contributed by atoms with Crippen molar-refractivity contribution in [3.8, 4) is 5.75 Å². The van der Waals surface area contributed by atoms with Crippen LogP contribution in [-0.4, -0.2) is 51.6 Å².